The molecule has 3 aromatic rings. The first-order chi connectivity index (χ1) is 13.6. The number of aliphatic hydroxyl groups is 1. The lowest BCUT2D eigenvalue weighted by atomic mass is 9.98. The molecule has 0 saturated heterocycles. The molecule has 6 heteroatoms. The summed E-state index contributed by atoms with van der Waals surface area (Å²) in [5.74, 6) is 0.0135. The van der Waals surface area contributed by atoms with Crippen LogP contribution >= 0.6 is 0 Å². The molecule has 1 aliphatic rings. The number of rotatable bonds is 7. The van der Waals surface area contributed by atoms with Gasteiger partial charge in [-0.1, -0.05) is 12.1 Å². The van der Waals surface area contributed by atoms with Gasteiger partial charge in [-0.05, 0) is 67.5 Å². The minimum Gasteiger partial charge on any atom is -0.490 e. The summed E-state index contributed by atoms with van der Waals surface area (Å²) in [6.07, 6.45) is 5.31. The second-order valence-electron chi connectivity index (χ2n) is 7.34. The Balaban J connectivity index is 1.74. The van der Waals surface area contributed by atoms with Crippen LogP contribution in [0.1, 0.15) is 43.4 Å². The maximum Gasteiger partial charge on any atom is 0.303 e. The molecule has 0 atom stereocenters. The number of carbonyl (C=O) groups is 1. The Hall–Kier alpha value is -2.86. The molecule has 1 saturated carbocycles. The highest BCUT2D eigenvalue weighted by Crippen LogP contribution is 2.36. The molecule has 1 fully saturated rings. The summed E-state index contributed by atoms with van der Waals surface area (Å²) in [7, 11) is 0. The smallest absolute Gasteiger partial charge is 0.303 e. The van der Waals surface area contributed by atoms with Gasteiger partial charge in [0.15, 0.2) is 0 Å². The van der Waals surface area contributed by atoms with Crippen LogP contribution in [-0.4, -0.2) is 32.5 Å². The Morgan fingerprint density at radius 1 is 1.18 bits per heavy atom. The number of nitrogens with one attached hydrogen (secondary N) is 1. The molecule has 1 aromatic heterocycles. The van der Waals surface area contributed by atoms with E-state index in [0.717, 1.165) is 46.2 Å². The molecule has 4 rings (SSSR count). The number of nitrogens with zero attached hydrogens (tertiary/aromatic N) is 1. The molecular weight excluding hydrogens is 356 g/mol. The largest absolute Gasteiger partial charge is 0.490 e. The van der Waals surface area contributed by atoms with Gasteiger partial charge >= 0.3 is 5.97 Å². The number of hydrogen-bond acceptors (Lipinski definition) is 4. The molecule has 0 aliphatic heterocycles. The third kappa shape index (κ3) is 3.87. The second-order valence-corrected chi connectivity index (χ2v) is 7.34. The molecule has 6 nitrogen and oxygen atoms in total. The maximum absolute atomic E-state index is 11.0. The lowest BCUT2D eigenvalue weighted by Crippen LogP contribution is -2.11. The molecular formula is C22H24N2O4. The van der Waals surface area contributed by atoms with E-state index in [0.29, 0.717) is 12.1 Å². The average Bonchev–Trinajstić information content (AvgIpc) is 3.36. The zero-order valence-electron chi connectivity index (χ0n) is 15.6. The quantitative estimate of drug-likeness (QED) is 0.574. The van der Waals surface area contributed by atoms with E-state index >= 15 is 0 Å². The summed E-state index contributed by atoms with van der Waals surface area (Å²) >= 11 is 0. The van der Waals surface area contributed by atoms with Gasteiger partial charge in [0.25, 0.3) is 0 Å². The molecule has 3 N–H and O–H groups in total. The van der Waals surface area contributed by atoms with Crippen molar-refractivity contribution in [2.24, 2.45) is 0 Å². The lowest BCUT2D eigenvalue weighted by Gasteiger charge is -2.18. The van der Waals surface area contributed by atoms with E-state index in [-0.39, 0.29) is 19.1 Å². The number of hydrogen-bond donors (Lipinski definition) is 3. The summed E-state index contributed by atoms with van der Waals surface area (Å²) < 4.78 is 6.30. The standard InChI is InChI=1S/C22H24N2O4/c25-13-20-18-12-15(7-8-19(18)23-24-20)17-11-14(6-10-22(26)27)5-9-21(17)28-16-3-1-2-4-16/h5,7-9,11-12,16,25H,1-4,6,10,13H2,(H,23,24)(H,26,27). The summed E-state index contributed by atoms with van der Waals surface area (Å²) in [4.78, 5) is 11.0. The van der Waals surface area contributed by atoms with Crippen molar-refractivity contribution in [3.63, 3.8) is 0 Å². The number of ether oxygens (including phenoxy) is 1. The van der Waals surface area contributed by atoms with Crippen LogP contribution < -0.4 is 4.74 Å². The maximum atomic E-state index is 11.0. The number of fused-ring (bicyclic) bond motifs is 1. The predicted molar refractivity (Wildman–Crippen MR) is 106 cm³/mol. The number of benzene rings is 2. The summed E-state index contributed by atoms with van der Waals surface area (Å²) in [6, 6.07) is 11.8. The zero-order valence-corrected chi connectivity index (χ0v) is 15.6. The van der Waals surface area contributed by atoms with Gasteiger partial charge in [-0.3, -0.25) is 9.89 Å². The molecule has 2 aromatic carbocycles. The number of aliphatic hydroxyl groups excluding tert-OH is 1. The number of aryl methyl sites for hydroxylation is 1. The molecule has 1 aliphatic carbocycles. The van der Waals surface area contributed by atoms with E-state index in [1.54, 1.807) is 0 Å². The predicted octanol–water partition coefficient (Wildman–Crippen LogP) is 4.06. The number of aliphatic carboxylic acids is 1. The van der Waals surface area contributed by atoms with Gasteiger partial charge in [0.2, 0.25) is 0 Å². The SMILES string of the molecule is O=C(O)CCc1ccc(OC2CCCC2)c(-c2ccc3n[nH]c(CO)c3c2)c1. The van der Waals surface area contributed by atoms with E-state index in [1.165, 1.54) is 12.8 Å². The fourth-order valence-corrected chi connectivity index (χ4v) is 3.85. The van der Waals surface area contributed by atoms with E-state index in [1.807, 2.05) is 36.4 Å². The van der Waals surface area contributed by atoms with Crippen LogP contribution in [0.25, 0.3) is 22.0 Å². The first kappa shape index (κ1) is 18.5. The summed E-state index contributed by atoms with van der Waals surface area (Å²) in [5, 5.41) is 26.5. The van der Waals surface area contributed by atoms with Crippen LogP contribution in [0.3, 0.4) is 0 Å². The van der Waals surface area contributed by atoms with Crippen molar-refractivity contribution < 1.29 is 19.7 Å². The number of carboxylic acid groups (broad SMARTS) is 1. The fourth-order valence-electron chi connectivity index (χ4n) is 3.85. The van der Waals surface area contributed by atoms with E-state index < -0.39 is 5.97 Å². The highest BCUT2D eigenvalue weighted by molar-refractivity contribution is 5.87. The van der Waals surface area contributed by atoms with Gasteiger partial charge in [0.1, 0.15) is 5.75 Å². The van der Waals surface area contributed by atoms with Crippen molar-refractivity contribution in [1.82, 2.24) is 10.2 Å². The van der Waals surface area contributed by atoms with Crippen molar-refractivity contribution in [1.29, 1.82) is 0 Å². The third-order valence-electron chi connectivity index (χ3n) is 5.37. The van der Waals surface area contributed by atoms with Crippen molar-refractivity contribution in [3.05, 3.63) is 47.7 Å². The van der Waals surface area contributed by atoms with Crippen LogP contribution in [0.2, 0.25) is 0 Å². The van der Waals surface area contributed by atoms with Crippen LogP contribution in [0.5, 0.6) is 5.75 Å². The first-order valence-corrected chi connectivity index (χ1v) is 9.73. The van der Waals surface area contributed by atoms with E-state index in [9.17, 15) is 9.90 Å². The van der Waals surface area contributed by atoms with Crippen LogP contribution in [0.4, 0.5) is 0 Å². The van der Waals surface area contributed by atoms with Crippen molar-refractivity contribution in [2.75, 3.05) is 0 Å². The zero-order chi connectivity index (χ0) is 19.5. The monoisotopic (exact) mass is 380 g/mol. The topological polar surface area (TPSA) is 95.4 Å². The Kier molecular flexibility index (Phi) is 5.30. The first-order valence-electron chi connectivity index (χ1n) is 9.73. The normalized spacial score (nSPS) is 14.6. The molecule has 1 heterocycles. The molecule has 0 spiro atoms. The molecule has 0 amide bonds. The summed E-state index contributed by atoms with van der Waals surface area (Å²) in [6.45, 7) is -0.107. The van der Waals surface area contributed by atoms with Gasteiger partial charge in [-0.15, -0.1) is 0 Å². The van der Waals surface area contributed by atoms with Crippen molar-refractivity contribution in [3.8, 4) is 16.9 Å². The Labute approximate surface area is 163 Å². The van der Waals surface area contributed by atoms with Gasteiger partial charge in [0.05, 0.1) is 23.9 Å². The molecule has 0 radical (unpaired) electrons. The van der Waals surface area contributed by atoms with E-state index in [4.69, 9.17) is 9.84 Å². The number of aromatic amines is 1. The lowest BCUT2D eigenvalue weighted by molar-refractivity contribution is -0.136. The summed E-state index contributed by atoms with van der Waals surface area (Å²) in [5.41, 5.74) is 4.35. The minimum atomic E-state index is -0.805. The minimum absolute atomic E-state index is 0.0949. The molecule has 146 valence electrons. The highest BCUT2D eigenvalue weighted by atomic mass is 16.5. The molecule has 0 bridgehead atoms. The van der Waals surface area contributed by atoms with Gasteiger partial charge in [-0.25, -0.2) is 0 Å². The second kappa shape index (κ2) is 8.02. The van der Waals surface area contributed by atoms with Gasteiger partial charge < -0.3 is 14.9 Å². The number of aromatic nitrogens is 2. The Morgan fingerprint density at radius 2 is 2.00 bits per heavy atom. The van der Waals surface area contributed by atoms with Crippen LogP contribution in [-0.2, 0) is 17.8 Å². The van der Waals surface area contributed by atoms with Crippen molar-refractivity contribution in [2.45, 2.75) is 51.2 Å². The average molecular weight is 380 g/mol. The van der Waals surface area contributed by atoms with Crippen LogP contribution in [0.15, 0.2) is 36.4 Å². The third-order valence-corrected chi connectivity index (χ3v) is 5.37. The molecule has 0 unspecified atom stereocenters. The van der Waals surface area contributed by atoms with E-state index in [2.05, 4.69) is 10.2 Å². The van der Waals surface area contributed by atoms with Crippen LogP contribution in [0, 0.1) is 0 Å². The number of carboxylic acids is 1. The molecule has 28 heavy (non-hydrogen) atoms. The number of H-pyrrole nitrogens is 1. The van der Waals surface area contributed by atoms with Crippen molar-refractivity contribution >= 4 is 16.9 Å². The Bertz CT molecular complexity index is 989. The fraction of sp³-hybridized carbons (Fsp3) is 0.364. The van der Waals surface area contributed by atoms with Gasteiger partial charge in [-0.2, -0.15) is 5.10 Å². The highest BCUT2D eigenvalue weighted by Gasteiger charge is 2.19. The van der Waals surface area contributed by atoms with Gasteiger partial charge in [0, 0.05) is 17.4 Å². The Morgan fingerprint density at radius 3 is 2.75 bits per heavy atom.